The van der Waals surface area contributed by atoms with Gasteiger partial charge in [-0.15, -0.1) is 0 Å². The number of anilines is 1. The van der Waals surface area contributed by atoms with Crippen LogP contribution < -0.4 is 4.90 Å². The summed E-state index contributed by atoms with van der Waals surface area (Å²) in [6.07, 6.45) is 0.718. The highest BCUT2D eigenvalue weighted by atomic mass is 79.9. The van der Waals surface area contributed by atoms with Crippen molar-refractivity contribution in [3.63, 3.8) is 0 Å². The number of benzene rings is 1. The molecule has 1 fully saturated rings. The van der Waals surface area contributed by atoms with Crippen LogP contribution in [0, 0.1) is 5.41 Å². The number of halogens is 2. The fourth-order valence-corrected chi connectivity index (χ4v) is 2.72. The summed E-state index contributed by atoms with van der Waals surface area (Å²) in [5.41, 5.74) is 0.253. The molecule has 0 bridgehead atoms. The zero-order valence-corrected chi connectivity index (χ0v) is 12.5. The molecule has 1 aliphatic heterocycles. The minimum atomic E-state index is -0.268. The van der Waals surface area contributed by atoms with E-state index in [9.17, 15) is 9.59 Å². The Hall–Kier alpha value is -0.870. The second kappa shape index (κ2) is 4.67. The van der Waals surface area contributed by atoms with Crippen molar-refractivity contribution in [1.29, 1.82) is 0 Å². The van der Waals surface area contributed by atoms with Gasteiger partial charge < -0.3 is 0 Å². The van der Waals surface area contributed by atoms with E-state index in [1.54, 1.807) is 18.2 Å². The summed E-state index contributed by atoms with van der Waals surface area (Å²) in [6, 6.07) is 5.14. The van der Waals surface area contributed by atoms with E-state index in [2.05, 4.69) is 15.9 Å². The second-order valence-electron chi connectivity index (χ2n) is 5.21. The van der Waals surface area contributed by atoms with Gasteiger partial charge in [-0.05, 0) is 33.5 Å². The Kier molecular flexibility index (Phi) is 3.52. The van der Waals surface area contributed by atoms with Gasteiger partial charge in [-0.25, -0.2) is 4.90 Å². The molecule has 1 saturated heterocycles. The van der Waals surface area contributed by atoms with Crippen molar-refractivity contribution in [3.05, 3.63) is 27.7 Å². The number of carbonyl (C=O) groups excluding carboxylic acids is 2. The average Bonchev–Trinajstić information content (AvgIpc) is 2.21. The minimum Gasteiger partial charge on any atom is -0.274 e. The van der Waals surface area contributed by atoms with E-state index in [1.807, 2.05) is 13.8 Å². The van der Waals surface area contributed by atoms with Crippen molar-refractivity contribution >= 4 is 45.0 Å². The fourth-order valence-electron chi connectivity index (χ4n) is 2.11. The molecule has 0 atom stereocenters. The zero-order chi connectivity index (χ0) is 13.5. The van der Waals surface area contributed by atoms with Gasteiger partial charge in [0.25, 0.3) is 0 Å². The van der Waals surface area contributed by atoms with Gasteiger partial charge in [-0.3, -0.25) is 9.59 Å². The summed E-state index contributed by atoms with van der Waals surface area (Å²) in [6.45, 7) is 3.85. The number of amides is 2. The third-order valence-electron chi connectivity index (χ3n) is 2.93. The van der Waals surface area contributed by atoms with Crippen molar-refractivity contribution in [2.75, 3.05) is 4.90 Å². The lowest BCUT2D eigenvalue weighted by molar-refractivity contribution is -0.132. The van der Waals surface area contributed by atoms with Crippen LogP contribution in [0.3, 0.4) is 0 Å². The minimum absolute atomic E-state index is 0.181. The van der Waals surface area contributed by atoms with Crippen molar-refractivity contribution in [2.24, 2.45) is 5.41 Å². The predicted octanol–water partition coefficient (Wildman–Crippen LogP) is 3.78. The highest BCUT2D eigenvalue weighted by Crippen LogP contribution is 2.38. The average molecular weight is 331 g/mol. The lowest BCUT2D eigenvalue weighted by atomic mass is 9.81. The number of nitrogens with zero attached hydrogens (tertiary/aromatic N) is 1. The maximum Gasteiger partial charge on any atom is 0.234 e. The maximum atomic E-state index is 12.1. The molecular weight excluding hydrogens is 318 g/mol. The van der Waals surface area contributed by atoms with Crippen molar-refractivity contribution in [2.45, 2.75) is 26.7 Å². The van der Waals surface area contributed by atoms with Crippen LogP contribution in [0.2, 0.25) is 5.02 Å². The van der Waals surface area contributed by atoms with Crippen molar-refractivity contribution < 1.29 is 9.59 Å². The lowest BCUT2D eigenvalue weighted by Gasteiger charge is -2.35. The van der Waals surface area contributed by atoms with E-state index >= 15 is 0 Å². The monoisotopic (exact) mass is 329 g/mol. The fraction of sp³-hybridized carbons (Fsp3) is 0.385. The lowest BCUT2D eigenvalue weighted by Crippen LogP contribution is -2.46. The molecule has 1 aromatic carbocycles. The number of carbonyl (C=O) groups is 2. The summed E-state index contributed by atoms with van der Waals surface area (Å²) in [4.78, 5) is 25.5. The molecule has 96 valence electrons. The van der Waals surface area contributed by atoms with E-state index in [4.69, 9.17) is 11.6 Å². The molecule has 5 heteroatoms. The largest absolute Gasteiger partial charge is 0.274 e. The third-order valence-corrected chi connectivity index (χ3v) is 4.31. The highest BCUT2D eigenvalue weighted by molar-refractivity contribution is 9.10. The van der Waals surface area contributed by atoms with E-state index in [0.717, 1.165) is 0 Å². The molecule has 3 nitrogen and oxygen atoms in total. The molecule has 1 aliphatic rings. The van der Waals surface area contributed by atoms with Crippen LogP contribution in [0.4, 0.5) is 5.69 Å². The molecule has 0 aromatic heterocycles. The summed E-state index contributed by atoms with van der Waals surface area (Å²) in [7, 11) is 0. The molecule has 0 saturated carbocycles. The number of hydrogen-bond acceptors (Lipinski definition) is 2. The Morgan fingerprint density at radius 3 is 2.33 bits per heavy atom. The van der Waals surface area contributed by atoms with Crippen LogP contribution in [0.15, 0.2) is 22.7 Å². The first kappa shape index (κ1) is 13.6. The van der Waals surface area contributed by atoms with E-state index in [-0.39, 0.29) is 17.2 Å². The molecule has 18 heavy (non-hydrogen) atoms. The van der Waals surface area contributed by atoms with Gasteiger partial charge in [-0.1, -0.05) is 31.5 Å². The van der Waals surface area contributed by atoms with Crippen LogP contribution in [0.5, 0.6) is 0 Å². The first-order chi connectivity index (χ1) is 8.32. The normalized spacial score (nSPS) is 19.2. The molecular formula is C13H13BrClNO2. The molecule has 0 aliphatic carbocycles. The molecule has 2 amide bonds. The SMILES string of the molecule is CC1(C)CC(=O)N(c2cccc(Cl)c2Br)C(=O)C1. The Morgan fingerprint density at radius 2 is 1.78 bits per heavy atom. The quantitative estimate of drug-likeness (QED) is 0.735. The Bertz CT molecular complexity index is 508. The smallest absolute Gasteiger partial charge is 0.234 e. The second-order valence-corrected chi connectivity index (χ2v) is 6.41. The van der Waals surface area contributed by atoms with Crippen molar-refractivity contribution in [1.82, 2.24) is 0 Å². The van der Waals surface area contributed by atoms with Gasteiger partial charge in [0, 0.05) is 12.8 Å². The molecule has 0 radical (unpaired) electrons. The molecule has 0 N–H and O–H groups in total. The molecule has 0 spiro atoms. The third kappa shape index (κ3) is 2.45. The summed E-state index contributed by atoms with van der Waals surface area (Å²) < 4.78 is 0.577. The summed E-state index contributed by atoms with van der Waals surface area (Å²) >= 11 is 9.31. The Balaban J connectivity index is 2.42. The van der Waals surface area contributed by atoms with E-state index in [1.165, 1.54) is 4.90 Å². The number of piperidine rings is 1. The van der Waals surface area contributed by atoms with Crippen LogP contribution in [0.1, 0.15) is 26.7 Å². The maximum absolute atomic E-state index is 12.1. The topological polar surface area (TPSA) is 37.4 Å². The number of rotatable bonds is 1. The first-order valence-electron chi connectivity index (χ1n) is 5.62. The first-order valence-corrected chi connectivity index (χ1v) is 6.79. The standard InChI is InChI=1S/C13H13BrClNO2/c1-13(2)6-10(17)16(11(18)7-13)9-5-3-4-8(15)12(9)14/h3-5H,6-7H2,1-2H3. The van der Waals surface area contributed by atoms with Gasteiger partial charge in [0.05, 0.1) is 15.2 Å². The zero-order valence-electron chi connectivity index (χ0n) is 10.2. The number of imide groups is 1. The van der Waals surface area contributed by atoms with Gasteiger partial charge in [0.1, 0.15) is 0 Å². The van der Waals surface area contributed by atoms with Crippen LogP contribution >= 0.6 is 27.5 Å². The Morgan fingerprint density at radius 1 is 1.22 bits per heavy atom. The molecule has 0 unspecified atom stereocenters. The highest BCUT2D eigenvalue weighted by Gasteiger charge is 2.38. The van der Waals surface area contributed by atoms with Crippen LogP contribution in [-0.2, 0) is 9.59 Å². The van der Waals surface area contributed by atoms with E-state index in [0.29, 0.717) is 28.0 Å². The molecule has 1 heterocycles. The van der Waals surface area contributed by atoms with Crippen LogP contribution in [0.25, 0.3) is 0 Å². The van der Waals surface area contributed by atoms with E-state index < -0.39 is 0 Å². The van der Waals surface area contributed by atoms with Crippen LogP contribution in [-0.4, -0.2) is 11.8 Å². The van der Waals surface area contributed by atoms with Gasteiger partial charge in [-0.2, -0.15) is 0 Å². The molecule has 1 aromatic rings. The summed E-state index contributed by atoms with van der Waals surface area (Å²) in [5, 5.41) is 0.484. The summed E-state index contributed by atoms with van der Waals surface area (Å²) in [5.74, 6) is -0.363. The predicted molar refractivity (Wildman–Crippen MR) is 74.7 cm³/mol. The number of hydrogen-bond donors (Lipinski definition) is 0. The van der Waals surface area contributed by atoms with Gasteiger partial charge >= 0.3 is 0 Å². The van der Waals surface area contributed by atoms with Gasteiger partial charge in [0.15, 0.2) is 0 Å². The van der Waals surface area contributed by atoms with Gasteiger partial charge in [0.2, 0.25) is 11.8 Å². The van der Waals surface area contributed by atoms with Crippen molar-refractivity contribution in [3.8, 4) is 0 Å². The Labute approximate surface area is 119 Å². The molecule has 2 rings (SSSR count).